The van der Waals surface area contributed by atoms with Crippen molar-refractivity contribution >= 4 is 45.7 Å². The van der Waals surface area contributed by atoms with Crippen LogP contribution in [-0.4, -0.2) is 70.0 Å². The molecule has 0 saturated carbocycles. The van der Waals surface area contributed by atoms with Crippen LogP contribution in [0.5, 0.6) is 0 Å². The summed E-state index contributed by atoms with van der Waals surface area (Å²) in [6.07, 6.45) is 25.3. The summed E-state index contributed by atoms with van der Waals surface area (Å²) < 4.78 is 93.0. The van der Waals surface area contributed by atoms with Crippen LogP contribution in [-0.2, 0) is 65.5 Å². The molecule has 0 radical (unpaired) electrons. The molecule has 4 atom stereocenters. The van der Waals surface area contributed by atoms with Crippen molar-refractivity contribution in [3.05, 3.63) is 64.7 Å². The Bertz CT molecular complexity index is 2110. The molecule has 0 aliphatic carbocycles. The van der Waals surface area contributed by atoms with Crippen molar-refractivity contribution in [3.63, 3.8) is 0 Å². The van der Waals surface area contributed by atoms with E-state index in [1.807, 2.05) is 30.3 Å². The summed E-state index contributed by atoms with van der Waals surface area (Å²) in [6, 6.07) is 12.7. The quantitative estimate of drug-likeness (QED) is 0.257. The molecule has 10 nitrogen and oxygen atoms in total. The molecule has 14 heteroatoms. The molecule has 0 spiro atoms. The summed E-state index contributed by atoms with van der Waals surface area (Å²) in [5.41, 5.74) is 3.43. The topological polar surface area (TPSA) is 147 Å². The predicted molar refractivity (Wildman–Crippen MR) is 196 cm³/mol. The summed E-state index contributed by atoms with van der Waals surface area (Å²) in [7, 11) is -12.0. The summed E-state index contributed by atoms with van der Waals surface area (Å²) >= 11 is 0. The van der Waals surface area contributed by atoms with Crippen molar-refractivity contribution in [2.75, 3.05) is 19.0 Å². The van der Waals surface area contributed by atoms with E-state index in [2.05, 4.69) is 33.7 Å². The molecule has 0 amide bonds. The minimum atomic E-state index is -3.34. The molecule has 3 saturated heterocycles. The Kier molecular flexibility index (Phi) is 14.8. The first-order valence-electron chi connectivity index (χ1n) is 15.6. The Morgan fingerprint density at radius 1 is 0.680 bits per heavy atom. The molecular formula is C36H40O10S4. The van der Waals surface area contributed by atoms with E-state index in [1.54, 1.807) is 12.1 Å². The lowest BCUT2D eigenvalue weighted by Crippen LogP contribution is -2.27. The highest BCUT2D eigenvalue weighted by atomic mass is 32.2. The van der Waals surface area contributed by atoms with Gasteiger partial charge in [-0.05, 0) is 79.4 Å². The van der Waals surface area contributed by atoms with Gasteiger partial charge in [0.2, 0.25) is 0 Å². The lowest BCUT2D eigenvalue weighted by molar-refractivity contribution is 0.353. The van der Waals surface area contributed by atoms with E-state index >= 15 is 0 Å². The van der Waals surface area contributed by atoms with Crippen LogP contribution >= 0.6 is 0 Å². The number of benzene rings is 2. The highest BCUT2D eigenvalue weighted by molar-refractivity contribution is 7.96. The molecule has 6 rings (SSSR count). The van der Waals surface area contributed by atoms with Gasteiger partial charge in [-0.3, -0.25) is 12.5 Å². The maximum atomic E-state index is 11.6. The number of terminal acetylenes is 4. The molecule has 50 heavy (non-hydrogen) atoms. The molecule has 2 aromatic carbocycles. The van der Waals surface area contributed by atoms with E-state index in [1.165, 1.54) is 0 Å². The second-order valence-electron chi connectivity index (χ2n) is 11.6. The van der Waals surface area contributed by atoms with Gasteiger partial charge in [-0.15, -0.1) is 37.5 Å². The Morgan fingerprint density at radius 3 is 1.76 bits per heavy atom. The van der Waals surface area contributed by atoms with Crippen LogP contribution in [0.1, 0.15) is 67.2 Å². The summed E-state index contributed by atoms with van der Waals surface area (Å²) in [4.78, 5) is 0.673. The monoisotopic (exact) mass is 760 g/mol. The van der Waals surface area contributed by atoms with Gasteiger partial charge in [-0.25, -0.2) is 12.6 Å². The third kappa shape index (κ3) is 11.5. The minimum Gasteiger partial charge on any atom is -0.290 e. The molecule has 4 heterocycles. The van der Waals surface area contributed by atoms with Gasteiger partial charge in [0.05, 0.1) is 46.2 Å². The maximum absolute atomic E-state index is 11.6. The van der Waals surface area contributed by atoms with Crippen LogP contribution in [0.25, 0.3) is 0 Å². The SMILES string of the molecule is C#CCC1CCCCS1(=O)=O.C#CCC1CCOS1(=O)=O.C#Cc1ccc(CC2CCOS2(=O)=O)cc1.C#Cc1ccc2c(c1)COS2(=C)=O. The molecule has 0 N–H and O–H groups in total. The Balaban J connectivity index is 0.000000183. The first kappa shape index (κ1) is 40.9. The van der Waals surface area contributed by atoms with Crippen LogP contribution in [0, 0.1) is 49.4 Å². The van der Waals surface area contributed by atoms with Crippen LogP contribution in [0.2, 0.25) is 0 Å². The lowest BCUT2D eigenvalue weighted by Gasteiger charge is -2.19. The third-order valence-corrected chi connectivity index (χ3v) is 15.4. The predicted octanol–water partition coefficient (Wildman–Crippen LogP) is 3.62. The Morgan fingerprint density at radius 2 is 1.24 bits per heavy atom. The zero-order chi connectivity index (χ0) is 37.0. The van der Waals surface area contributed by atoms with Gasteiger partial charge in [0.25, 0.3) is 20.2 Å². The van der Waals surface area contributed by atoms with Crippen LogP contribution < -0.4 is 0 Å². The first-order chi connectivity index (χ1) is 23.6. The van der Waals surface area contributed by atoms with E-state index in [4.69, 9.17) is 34.1 Å². The van der Waals surface area contributed by atoms with Crippen LogP contribution in [0.3, 0.4) is 0 Å². The fourth-order valence-corrected chi connectivity index (χ4v) is 10.9. The molecule has 4 unspecified atom stereocenters. The standard InChI is InChI=1S/C12H12O3S.C10H8O2S.C8H12O2S.C6H8O3S/c1-2-10-3-5-11(6-4-10)9-12-7-8-15-16(12,13)14;1-3-8-4-5-10-9(6-8)7-12-13(10,2)11;1-2-5-8-6-3-4-7-11(8,9)10;1-2-3-6-4-5-9-10(6,7)8/h1,3-6,12H,7-9H2;1,4-6H,2,7H2;1,8H,3-7H2;1,6H,3-5H2. The third-order valence-electron chi connectivity index (χ3n) is 8.15. The van der Waals surface area contributed by atoms with E-state index in [0.29, 0.717) is 49.5 Å². The molecule has 2 aromatic rings. The number of sulfone groups is 1. The van der Waals surface area contributed by atoms with E-state index in [0.717, 1.165) is 41.5 Å². The van der Waals surface area contributed by atoms with Gasteiger partial charge >= 0.3 is 0 Å². The van der Waals surface area contributed by atoms with Gasteiger partial charge in [0.15, 0.2) is 9.84 Å². The summed E-state index contributed by atoms with van der Waals surface area (Å²) in [6.45, 7) is 0.928. The second-order valence-corrected chi connectivity index (χ2v) is 19.7. The molecule has 268 valence electrons. The fraction of sp³-hybridized carbons (Fsp3) is 0.417. The average molecular weight is 761 g/mol. The van der Waals surface area contributed by atoms with Crippen LogP contribution in [0.15, 0.2) is 47.4 Å². The Labute approximate surface area is 298 Å². The number of rotatable bonds is 4. The van der Waals surface area contributed by atoms with Crippen molar-refractivity contribution in [1.29, 1.82) is 0 Å². The van der Waals surface area contributed by atoms with Gasteiger partial charge in [0, 0.05) is 24.0 Å². The largest absolute Gasteiger partial charge is 0.290 e. The van der Waals surface area contributed by atoms with Crippen molar-refractivity contribution in [3.8, 4) is 49.4 Å². The lowest BCUT2D eigenvalue weighted by atomic mass is 10.1. The zero-order valence-corrected chi connectivity index (χ0v) is 30.8. The molecular weight excluding hydrogens is 721 g/mol. The van der Waals surface area contributed by atoms with Crippen molar-refractivity contribution < 1.29 is 42.0 Å². The van der Waals surface area contributed by atoms with E-state index in [9.17, 15) is 29.5 Å². The first-order valence-corrected chi connectivity index (χ1v) is 21.9. The summed E-state index contributed by atoms with van der Waals surface area (Å²) in [5.74, 6) is 13.6. The van der Waals surface area contributed by atoms with Gasteiger partial charge in [-0.2, -0.15) is 16.8 Å². The molecule has 0 aromatic heterocycles. The molecule has 4 aliphatic rings. The summed E-state index contributed by atoms with van der Waals surface area (Å²) in [5, 5.41) is -1.12. The highest BCUT2D eigenvalue weighted by Gasteiger charge is 2.33. The molecule has 0 bridgehead atoms. The molecule has 4 aliphatic heterocycles. The fourth-order valence-electron chi connectivity index (χ4n) is 5.30. The van der Waals surface area contributed by atoms with Crippen molar-refractivity contribution in [1.82, 2.24) is 0 Å². The van der Waals surface area contributed by atoms with E-state index in [-0.39, 0.29) is 18.3 Å². The minimum absolute atomic E-state index is 0.249. The van der Waals surface area contributed by atoms with Crippen molar-refractivity contribution in [2.24, 2.45) is 0 Å². The Hall–Kier alpha value is -3.57. The number of fused-ring (bicyclic) bond motifs is 1. The smallest absolute Gasteiger partial charge is 0.271 e. The molecule has 3 fully saturated rings. The number of hydrogen-bond acceptors (Lipinski definition) is 10. The van der Waals surface area contributed by atoms with Gasteiger partial charge in [0.1, 0.15) is 9.80 Å². The van der Waals surface area contributed by atoms with Crippen LogP contribution in [0.4, 0.5) is 0 Å². The maximum Gasteiger partial charge on any atom is 0.271 e. The van der Waals surface area contributed by atoms with Gasteiger partial charge in [-0.1, -0.05) is 30.4 Å². The van der Waals surface area contributed by atoms with Crippen molar-refractivity contribution in [2.45, 2.75) is 78.6 Å². The normalized spacial score (nSPS) is 26.2. The second kappa shape index (κ2) is 18.1. The zero-order valence-electron chi connectivity index (χ0n) is 27.5. The highest BCUT2D eigenvalue weighted by Crippen LogP contribution is 2.28. The van der Waals surface area contributed by atoms with E-state index < -0.39 is 50.4 Å². The number of hydrogen-bond donors (Lipinski definition) is 0. The average Bonchev–Trinajstić information content (AvgIpc) is 3.71. The van der Waals surface area contributed by atoms with Gasteiger partial charge < -0.3 is 0 Å².